The van der Waals surface area contributed by atoms with Crippen molar-refractivity contribution in [1.29, 1.82) is 0 Å². The van der Waals surface area contributed by atoms with Gasteiger partial charge in [-0.15, -0.1) is 0 Å². The highest BCUT2D eigenvalue weighted by molar-refractivity contribution is 6.08. The Labute approximate surface area is 172 Å². The lowest BCUT2D eigenvalue weighted by molar-refractivity contribution is -0.137. The van der Waals surface area contributed by atoms with Crippen LogP contribution in [0.4, 0.5) is 18.9 Å². The fourth-order valence-electron chi connectivity index (χ4n) is 4.47. The second kappa shape index (κ2) is 7.07. The Balaban J connectivity index is 1.95. The second-order valence-electron chi connectivity index (χ2n) is 8.59. The number of ketones is 1. The third kappa shape index (κ3) is 3.53. The number of nitrogens with zero attached hydrogens (tertiary/aromatic N) is 2. The van der Waals surface area contributed by atoms with Crippen molar-refractivity contribution in [3.8, 4) is 0 Å². The molecule has 0 radical (unpaired) electrons. The highest BCUT2D eigenvalue weighted by atomic mass is 19.4. The minimum Gasteiger partial charge on any atom is -0.294 e. The number of halogens is 3. The molecule has 0 unspecified atom stereocenters. The molecule has 1 amide bonds. The van der Waals surface area contributed by atoms with Crippen LogP contribution in [0.1, 0.15) is 50.2 Å². The summed E-state index contributed by atoms with van der Waals surface area (Å²) in [4.78, 5) is 31.6. The fraction of sp³-hybridized carbons (Fsp3) is 0.348. The third-order valence-electron chi connectivity index (χ3n) is 5.68. The van der Waals surface area contributed by atoms with Crippen molar-refractivity contribution in [2.45, 2.75) is 45.2 Å². The molecule has 4 rings (SSSR count). The topological polar surface area (TPSA) is 50.3 Å². The number of rotatable bonds is 2. The van der Waals surface area contributed by atoms with Gasteiger partial charge in [0.05, 0.1) is 11.3 Å². The quantitative estimate of drug-likeness (QED) is 0.673. The maximum Gasteiger partial charge on any atom is 0.418 e. The molecule has 0 fully saturated rings. The molecule has 1 aromatic carbocycles. The first-order valence-electron chi connectivity index (χ1n) is 9.74. The number of para-hydroxylation sites is 1. The first-order chi connectivity index (χ1) is 14.1. The summed E-state index contributed by atoms with van der Waals surface area (Å²) in [6, 6.07) is 8.55. The summed E-state index contributed by atoms with van der Waals surface area (Å²) in [6.07, 6.45) is -0.876. The van der Waals surface area contributed by atoms with E-state index in [0.717, 1.165) is 16.5 Å². The predicted molar refractivity (Wildman–Crippen MR) is 106 cm³/mol. The molecule has 1 aromatic heterocycles. The zero-order valence-electron chi connectivity index (χ0n) is 16.7. The smallest absolute Gasteiger partial charge is 0.294 e. The van der Waals surface area contributed by atoms with Gasteiger partial charge in [0.1, 0.15) is 0 Å². The van der Waals surface area contributed by atoms with E-state index in [-0.39, 0.29) is 24.3 Å². The maximum absolute atomic E-state index is 13.7. The largest absolute Gasteiger partial charge is 0.418 e. The van der Waals surface area contributed by atoms with Gasteiger partial charge in [-0.2, -0.15) is 13.2 Å². The van der Waals surface area contributed by atoms with Crippen LogP contribution < -0.4 is 4.90 Å². The molecule has 30 heavy (non-hydrogen) atoms. The molecular formula is C23H21F3N2O2. The van der Waals surface area contributed by atoms with E-state index in [1.54, 1.807) is 24.5 Å². The minimum atomic E-state index is -4.62. The normalized spacial score (nSPS) is 21.6. The number of amides is 1. The molecule has 0 saturated heterocycles. The summed E-state index contributed by atoms with van der Waals surface area (Å²) in [5.74, 6) is -1.08. The predicted octanol–water partition coefficient (Wildman–Crippen LogP) is 5.26. The number of pyridine rings is 1. The number of anilines is 1. The third-order valence-corrected chi connectivity index (χ3v) is 5.68. The van der Waals surface area contributed by atoms with Crippen molar-refractivity contribution >= 4 is 17.4 Å². The monoisotopic (exact) mass is 414 g/mol. The standard InChI is InChI=1S/C23H21F3N2O2/c1-22(2)11-18-21(19(29)12-22)15(14-6-5-9-27-13-14)10-20(30)28(18)17-8-4-3-7-16(17)23(24,25)26/h3-9,13,15H,10-12H2,1-2H3/t15-/m0/s1. The van der Waals surface area contributed by atoms with E-state index in [0.29, 0.717) is 17.7 Å². The van der Waals surface area contributed by atoms with Crippen LogP contribution in [-0.2, 0) is 15.8 Å². The van der Waals surface area contributed by atoms with Crippen LogP contribution in [0.5, 0.6) is 0 Å². The molecule has 1 atom stereocenters. The summed E-state index contributed by atoms with van der Waals surface area (Å²) in [5, 5.41) is 0. The van der Waals surface area contributed by atoms with Gasteiger partial charge in [0.15, 0.2) is 5.78 Å². The summed E-state index contributed by atoms with van der Waals surface area (Å²) < 4.78 is 41.1. The highest BCUT2D eigenvalue weighted by Gasteiger charge is 2.46. The molecule has 2 heterocycles. The average Bonchev–Trinajstić information content (AvgIpc) is 2.66. The van der Waals surface area contributed by atoms with Gasteiger partial charge in [-0.3, -0.25) is 19.5 Å². The number of alkyl halides is 3. The zero-order chi connectivity index (χ0) is 21.7. The average molecular weight is 414 g/mol. The Hall–Kier alpha value is -2.96. The van der Waals surface area contributed by atoms with E-state index in [1.807, 2.05) is 13.8 Å². The van der Waals surface area contributed by atoms with Crippen LogP contribution in [0.25, 0.3) is 0 Å². The Bertz CT molecular complexity index is 1040. The molecule has 1 aliphatic carbocycles. The first kappa shape index (κ1) is 20.3. The number of Topliss-reactive ketones (excluding diaryl/α,β-unsaturated/α-hetero) is 1. The van der Waals surface area contributed by atoms with Gasteiger partial charge < -0.3 is 0 Å². The first-order valence-corrected chi connectivity index (χ1v) is 9.74. The van der Waals surface area contributed by atoms with Gasteiger partial charge in [0.2, 0.25) is 5.91 Å². The molecule has 7 heteroatoms. The van der Waals surface area contributed by atoms with Gasteiger partial charge in [-0.05, 0) is 35.6 Å². The minimum absolute atomic E-state index is 0.0805. The lowest BCUT2D eigenvalue weighted by atomic mass is 9.69. The molecule has 2 aromatic rings. The van der Waals surface area contributed by atoms with Crippen LogP contribution in [0, 0.1) is 5.41 Å². The van der Waals surface area contributed by atoms with Gasteiger partial charge in [0.25, 0.3) is 0 Å². The number of allylic oxidation sites excluding steroid dienone is 2. The number of aromatic nitrogens is 1. The van der Waals surface area contributed by atoms with Crippen molar-refractivity contribution in [2.24, 2.45) is 5.41 Å². The summed E-state index contributed by atoms with van der Waals surface area (Å²) >= 11 is 0. The van der Waals surface area contributed by atoms with E-state index < -0.39 is 29.0 Å². The van der Waals surface area contributed by atoms with Crippen LogP contribution in [0.15, 0.2) is 60.1 Å². The van der Waals surface area contributed by atoms with Crippen LogP contribution in [0.3, 0.4) is 0 Å². The van der Waals surface area contributed by atoms with Crippen molar-refractivity contribution in [3.63, 3.8) is 0 Å². The van der Waals surface area contributed by atoms with Crippen LogP contribution in [-0.4, -0.2) is 16.7 Å². The van der Waals surface area contributed by atoms with Gasteiger partial charge in [-0.25, -0.2) is 0 Å². The van der Waals surface area contributed by atoms with Crippen LogP contribution >= 0.6 is 0 Å². The zero-order valence-corrected chi connectivity index (χ0v) is 16.7. The lowest BCUT2D eigenvalue weighted by Gasteiger charge is -2.43. The Morgan fingerprint density at radius 1 is 1.07 bits per heavy atom. The van der Waals surface area contributed by atoms with E-state index in [4.69, 9.17) is 0 Å². The van der Waals surface area contributed by atoms with Crippen molar-refractivity contribution in [2.75, 3.05) is 4.90 Å². The molecule has 0 bridgehead atoms. The van der Waals surface area contributed by atoms with Crippen LogP contribution in [0.2, 0.25) is 0 Å². The summed E-state index contributed by atoms with van der Waals surface area (Å²) in [7, 11) is 0. The SMILES string of the molecule is CC1(C)CC(=O)C2=C(C1)N(c1ccccc1C(F)(F)F)C(=O)C[C@H]2c1cccnc1. The number of benzene rings is 1. The Morgan fingerprint density at radius 2 is 1.80 bits per heavy atom. The fourth-order valence-corrected chi connectivity index (χ4v) is 4.47. The van der Waals surface area contributed by atoms with Gasteiger partial charge >= 0.3 is 6.18 Å². The Morgan fingerprint density at radius 3 is 2.47 bits per heavy atom. The van der Waals surface area contributed by atoms with E-state index in [1.165, 1.54) is 18.2 Å². The van der Waals surface area contributed by atoms with E-state index in [2.05, 4.69) is 4.98 Å². The molecule has 0 saturated carbocycles. The van der Waals surface area contributed by atoms with E-state index in [9.17, 15) is 22.8 Å². The molecule has 4 nitrogen and oxygen atoms in total. The number of hydrogen-bond donors (Lipinski definition) is 0. The molecule has 0 N–H and O–H groups in total. The molecular weight excluding hydrogens is 393 g/mol. The molecule has 2 aliphatic rings. The van der Waals surface area contributed by atoms with Crippen molar-refractivity contribution in [1.82, 2.24) is 4.98 Å². The van der Waals surface area contributed by atoms with Crippen molar-refractivity contribution in [3.05, 3.63) is 71.2 Å². The van der Waals surface area contributed by atoms with Crippen molar-refractivity contribution < 1.29 is 22.8 Å². The Kier molecular flexibility index (Phi) is 4.79. The highest BCUT2D eigenvalue weighted by Crippen LogP contribution is 2.49. The molecule has 1 aliphatic heterocycles. The molecule has 0 spiro atoms. The summed E-state index contributed by atoms with van der Waals surface area (Å²) in [5.41, 5.74) is -0.0519. The molecule has 156 valence electrons. The van der Waals surface area contributed by atoms with Gasteiger partial charge in [-0.1, -0.05) is 32.0 Å². The number of hydrogen-bond acceptors (Lipinski definition) is 3. The maximum atomic E-state index is 13.7. The van der Waals surface area contributed by atoms with E-state index >= 15 is 0 Å². The lowest BCUT2D eigenvalue weighted by Crippen LogP contribution is -2.44. The second-order valence-corrected chi connectivity index (χ2v) is 8.59. The number of carbonyl (C=O) groups excluding carboxylic acids is 2. The summed E-state index contributed by atoms with van der Waals surface area (Å²) in [6.45, 7) is 3.78. The number of carbonyl (C=O) groups is 2. The van der Waals surface area contributed by atoms with Gasteiger partial charge in [0, 0.05) is 42.4 Å².